The summed E-state index contributed by atoms with van der Waals surface area (Å²) in [6.45, 7) is 4.96. The SMILES string of the molecule is NCCc1c(Cl)cccc1OCCCN1CCCC1. The topological polar surface area (TPSA) is 38.5 Å². The van der Waals surface area contributed by atoms with Gasteiger partial charge in [-0.3, -0.25) is 0 Å². The predicted octanol–water partition coefficient (Wildman–Crippen LogP) is 2.71. The molecule has 19 heavy (non-hydrogen) atoms. The van der Waals surface area contributed by atoms with E-state index >= 15 is 0 Å². The molecule has 1 heterocycles. The highest BCUT2D eigenvalue weighted by molar-refractivity contribution is 6.31. The van der Waals surface area contributed by atoms with Crippen LogP contribution in [0.5, 0.6) is 5.75 Å². The van der Waals surface area contributed by atoms with E-state index in [2.05, 4.69) is 4.90 Å². The Bertz CT molecular complexity index is 392. The zero-order valence-electron chi connectivity index (χ0n) is 11.4. The molecule has 2 rings (SSSR count). The van der Waals surface area contributed by atoms with Crippen molar-refractivity contribution in [2.24, 2.45) is 5.73 Å². The molecule has 1 aromatic rings. The van der Waals surface area contributed by atoms with Crippen LogP contribution >= 0.6 is 11.6 Å². The fourth-order valence-corrected chi connectivity index (χ4v) is 2.80. The van der Waals surface area contributed by atoms with E-state index in [1.54, 1.807) is 0 Å². The van der Waals surface area contributed by atoms with Gasteiger partial charge >= 0.3 is 0 Å². The monoisotopic (exact) mass is 282 g/mol. The van der Waals surface area contributed by atoms with Gasteiger partial charge in [-0.2, -0.15) is 0 Å². The van der Waals surface area contributed by atoms with Crippen LogP contribution in [0.3, 0.4) is 0 Å². The minimum atomic E-state index is 0.591. The minimum absolute atomic E-state index is 0.591. The van der Waals surface area contributed by atoms with E-state index in [9.17, 15) is 0 Å². The average Bonchev–Trinajstić information content (AvgIpc) is 2.91. The predicted molar refractivity (Wildman–Crippen MR) is 80.0 cm³/mol. The maximum atomic E-state index is 6.18. The number of nitrogens with zero attached hydrogens (tertiary/aromatic N) is 1. The molecule has 0 bridgehead atoms. The molecule has 1 aliphatic heterocycles. The molecule has 4 heteroatoms. The Balaban J connectivity index is 1.79. The lowest BCUT2D eigenvalue weighted by molar-refractivity contribution is 0.262. The minimum Gasteiger partial charge on any atom is -0.493 e. The summed E-state index contributed by atoms with van der Waals surface area (Å²) in [7, 11) is 0. The van der Waals surface area contributed by atoms with Crippen molar-refractivity contribution in [1.29, 1.82) is 0 Å². The van der Waals surface area contributed by atoms with Crippen LogP contribution < -0.4 is 10.5 Å². The first kappa shape index (κ1) is 14.6. The third kappa shape index (κ3) is 4.37. The number of rotatable bonds is 7. The van der Waals surface area contributed by atoms with Crippen molar-refractivity contribution in [3.05, 3.63) is 28.8 Å². The molecule has 2 N–H and O–H groups in total. The summed E-state index contributed by atoms with van der Waals surface area (Å²) >= 11 is 6.18. The van der Waals surface area contributed by atoms with Crippen LogP contribution in [0.4, 0.5) is 0 Å². The highest BCUT2D eigenvalue weighted by Crippen LogP contribution is 2.26. The lowest BCUT2D eigenvalue weighted by atomic mass is 10.1. The van der Waals surface area contributed by atoms with Crippen molar-refractivity contribution < 1.29 is 4.74 Å². The molecule has 3 nitrogen and oxygen atoms in total. The fourth-order valence-electron chi connectivity index (χ4n) is 2.54. The molecule has 1 saturated heterocycles. The van der Waals surface area contributed by atoms with E-state index in [1.165, 1.54) is 25.9 Å². The van der Waals surface area contributed by atoms with Gasteiger partial charge < -0.3 is 15.4 Å². The van der Waals surface area contributed by atoms with E-state index in [1.807, 2.05) is 18.2 Å². The van der Waals surface area contributed by atoms with Crippen molar-refractivity contribution in [1.82, 2.24) is 4.90 Å². The Morgan fingerprint density at radius 3 is 2.79 bits per heavy atom. The van der Waals surface area contributed by atoms with Gasteiger partial charge in [-0.1, -0.05) is 17.7 Å². The van der Waals surface area contributed by atoms with E-state index < -0.39 is 0 Å². The fraction of sp³-hybridized carbons (Fsp3) is 0.600. The average molecular weight is 283 g/mol. The highest BCUT2D eigenvalue weighted by Gasteiger charge is 2.11. The molecule has 0 amide bonds. The standard InChI is InChI=1S/C15H23ClN2O/c16-14-5-3-6-15(13(14)7-8-17)19-12-4-11-18-9-1-2-10-18/h3,5-6H,1-2,4,7-12,17H2. The largest absolute Gasteiger partial charge is 0.493 e. The first-order valence-corrected chi connectivity index (χ1v) is 7.51. The van der Waals surface area contributed by atoms with Crippen LogP contribution in [0.2, 0.25) is 5.02 Å². The van der Waals surface area contributed by atoms with Crippen LogP contribution in [-0.2, 0) is 6.42 Å². The molecule has 0 saturated carbocycles. The molecule has 1 fully saturated rings. The summed E-state index contributed by atoms with van der Waals surface area (Å²) in [5.74, 6) is 0.888. The molecule has 0 unspecified atom stereocenters. The van der Waals surface area contributed by atoms with Crippen LogP contribution in [0.25, 0.3) is 0 Å². The zero-order valence-corrected chi connectivity index (χ0v) is 12.2. The summed E-state index contributed by atoms with van der Waals surface area (Å²) in [5.41, 5.74) is 6.65. The quantitative estimate of drug-likeness (QED) is 0.782. The molecule has 1 aromatic carbocycles. The molecule has 0 spiro atoms. The lowest BCUT2D eigenvalue weighted by Crippen LogP contribution is -2.22. The van der Waals surface area contributed by atoms with Gasteiger partial charge in [0, 0.05) is 17.1 Å². The summed E-state index contributed by atoms with van der Waals surface area (Å²) in [6.07, 6.45) is 4.52. The van der Waals surface area contributed by atoms with E-state index in [0.717, 1.165) is 42.3 Å². The molecule has 1 aliphatic rings. The number of benzene rings is 1. The van der Waals surface area contributed by atoms with E-state index in [0.29, 0.717) is 6.54 Å². The van der Waals surface area contributed by atoms with Crippen molar-refractivity contribution >= 4 is 11.6 Å². The maximum absolute atomic E-state index is 6.18. The third-order valence-electron chi connectivity index (χ3n) is 3.55. The summed E-state index contributed by atoms with van der Waals surface area (Å²) in [5, 5.41) is 0.752. The van der Waals surface area contributed by atoms with Crippen LogP contribution in [0.1, 0.15) is 24.8 Å². The normalized spacial score (nSPS) is 15.9. The lowest BCUT2D eigenvalue weighted by Gasteiger charge is -2.16. The van der Waals surface area contributed by atoms with Gasteiger partial charge in [-0.15, -0.1) is 0 Å². The third-order valence-corrected chi connectivity index (χ3v) is 3.90. The Labute approximate surface area is 120 Å². The number of likely N-dealkylation sites (tertiary alicyclic amines) is 1. The molecular formula is C15H23ClN2O. The first-order chi connectivity index (χ1) is 9.31. The Kier molecular flexibility index (Phi) is 5.95. The van der Waals surface area contributed by atoms with Crippen molar-refractivity contribution in [2.75, 3.05) is 32.8 Å². The van der Waals surface area contributed by atoms with Crippen LogP contribution in [0, 0.1) is 0 Å². The highest BCUT2D eigenvalue weighted by atomic mass is 35.5. The van der Waals surface area contributed by atoms with Crippen LogP contribution in [-0.4, -0.2) is 37.7 Å². The Hall–Kier alpha value is -0.770. The first-order valence-electron chi connectivity index (χ1n) is 7.14. The number of ether oxygens (including phenoxy) is 1. The number of halogens is 1. The molecular weight excluding hydrogens is 260 g/mol. The van der Waals surface area contributed by atoms with Crippen molar-refractivity contribution in [3.8, 4) is 5.75 Å². The molecule has 0 aromatic heterocycles. The van der Waals surface area contributed by atoms with Gasteiger partial charge in [0.1, 0.15) is 5.75 Å². The van der Waals surface area contributed by atoms with Gasteiger partial charge in [0.15, 0.2) is 0 Å². The van der Waals surface area contributed by atoms with Gasteiger partial charge in [-0.05, 0) is 57.5 Å². The Morgan fingerprint density at radius 2 is 2.05 bits per heavy atom. The summed E-state index contributed by atoms with van der Waals surface area (Å²) < 4.78 is 5.86. The molecule has 106 valence electrons. The van der Waals surface area contributed by atoms with E-state index in [4.69, 9.17) is 22.1 Å². The number of hydrogen-bond donors (Lipinski definition) is 1. The van der Waals surface area contributed by atoms with E-state index in [-0.39, 0.29) is 0 Å². The second kappa shape index (κ2) is 7.73. The Morgan fingerprint density at radius 1 is 1.26 bits per heavy atom. The van der Waals surface area contributed by atoms with Crippen LogP contribution in [0.15, 0.2) is 18.2 Å². The molecule has 0 atom stereocenters. The van der Waals surface area contributed by atoms with Gasteiger partial charge in [0.2, 0.25) is 0 Å². The van der Waals surface area contributed by atoms with Gasteiger partial charge in [0.25, 0.3) is 0 Å². The van der Waals surface area contributed by atoms with Crippen molar-refractivity contribution in [2.45, 2.75) is 25.7 Å². The molecule has 0 radical (unpaired) electrons. The number of hydrogen-bond acceptors (Lipinski definition) is 3. The van der Waals surface area contributed by atoms with Crippen molar-refractivity contribution in [3.63, 3.8) is 0 Å². The van der Waals surface area contributed by atoms with Gasteiger partial charge in [-0.25, -0.2) is 0 Å². The molecule has 0 aliphatic carbocycles. The summed E-state index contributed by atoms with van der Waals surface area (Å²) in [4.78, 5) is 2.50. The second-order valence-electron chi connectivity index (χ2n) is 5.01. The smallest absolute Gasteiger partial charge is 0.124 e. The number of nitrogens with two attached hydrogens (primary N) is 1. The second-order valence-corrected chi connectivity index (χ2v) is 5.41. The van der Waals surface area contributed by atoms with Gasteiger partial charge in [0.05, 0.1) is 6.61 Å². The summed E-state index contributed by atoms with van der Waals surface area (Å²) in [6, 6.07) is 5.80. The maximum Gasteiger partial charge on any atom is 0.124 e. The zero-order chi connectivity index (χ0) is 13.5.